The molecule has 0 spiro atoms. The molecular formula is C13H19NO. The van der Waals surface area contributed by atoms with Crippen LogP contribution < -0.4 is 0 Å². The smallest absolute Gasteiger partial charge is 0.102 e. The van der Waals surface area contributed by atoms with Crippen LogP contribution in [0, 0.1) is 5.92 Å². The van der Waals surface area contributed by atoms with E-state index < -0.39 is 0 Å². The Kier molecular flexibility index (Phi) is 3.73. The van der Waals surface area contributed by atoms with Gasteiger partial charge in [0.1, 0.15) is 6.10 Å². The van der Waals surface area contributed by atoms with Crippen molar-refractivity contribution in [3.63, 3.8) is 0 Å². The van der Waals surface area contributed by atoms with Crippen molar-refractivity contribution in [1.82, 2.24) is 4.98 Å². The van der Waals surface area contributed by atoms with E-state index in [0.29, 0.717) is 5.92 Å². The molecule has 1 saturated carbocycles. The van der Waals surface area contributed by atoms with Crippen LogP contribution in [0.2, 0.25) is 0 Å². The quantitative estimate of drug-likeness (QED) is 0.752. The van der Waals surface area contributed by atoms with Gasteiger partial charge in [-0.05, 0) is 37.8 Å². The standard InChI is InChI=1S/C13H19NO/c1-2-15-13(11-7-3-4-8-11)12-9-5-6-10-14-12/h5-6,9-11,13H,2-4,7-8H2,1H3. The van der Waals surface area contributed by atoms with E-state index >= 15 is 0 Å². The maximum atomic E-state index is 5.85. The Labute approximate surface area is 91.7 Å². The molecule has 2 heteroatoms. The average molecular weight is 205 g/mol. The fourth-order valence-corrected chi connectivity index (χ4v) is 2.45. The highest BCUT2D eigenvalue weighted by Crippen LogP contribution is 2.37. The Hall–Kier alpha value is -0.890. The fourth-order valence-electron chi connectivity index (χ4n) is 2.45. The highest BCUT2D eigenvalue weighted by atomic mass is 16.5. The Morgan fingerprint density at radius 3 is 2.80 bits per heavy atom. The molecule has 0 radical (unpaired) electrons. The third-order valence-electron chi connectivity index (χ3n) is 3.15. The van der Waals surface area contributed by atoms with Crippen LogP contribution in [0.4, 0.5) is 0 Å². The number of ether oxygens (including phenoxy) is 1. The highest BCUT2D eigenvalue weighted by molar-refractivity contribution is 5.08. The zero-order valence-electron chi connectivity index (χ0n) is 9.36. The number of rotatable bonds is 4. The van der Waals surface area contributed by atoms with Gasteiger partial charge in [0.05, 0.1) is 5.69 Å². The first-order valence-electron chi connectivity index (χ1n) is 5.94. The van der Waals surface area contributed by atoms with E-state index in [9.17, 15) is 0 Å². The lowest BCUT2D eigenvalue weighted by molar-refractivity contribution is 0.0173. The van der Waals surface area contributed by atoms with Gasteiger partial charge in [-0.2, -0.15) is 0 Å². The van der Waals surface area contributed by atoms with E-state index in [1.807, 2.05) is 18.3 Å². The number of hydrogen-bond acceptors (Lipinski definition) is 2. The molecule has 2 nitrogen and oxygen atoms in total. The minimum atomic E-state index is 0.221. The van der Waals surface area contributed by atoms with Crippen LogP contribution in [-0.4, -0.2) is 11.6 Å². The topological polar surface area (TPSA) is 22.1 Å². The highest BCUT2D eigenvalue weighted by Gasteiger charge is 2.27. The first-order valence-corrected chi connectivity index (χ1v) is 5.94. The number of pyridine rings is 1. The van der Waals surface area contributed by atoms with E-state index in [1.165, 1.54) is 25.7 Å². The van der Waals surface area contributed by atoms with Crippen molar-refractivity contribution >= 4 is 0 Å². The van der Waals surface area contributed by atoms with E-state index in [4.69, 9.17) is 4.74 Å². The molecule has 0 aliphatic heterocycles. The van der Waals surface area contributed by atoms with Gasteiger partial charge in [0.15, 0.2) is 0 Å². The SMILES string of the molecule is CCOC(c1ccccn1)C1CCCC1. The summed E-state index contributed by atoms with van der Waals surface area (Å²) >= 11 is 0. The number of nitrogens with zero attached hydrogens (tertiary/aromatic N) is 1. The molecule has 2 rings (SSSR count). The average Bonchev–Trinajstić information content (AvgIpc) is 2.80. The van der Waals surface area contributed by atoms with Crippen molar-refractivity contribution in [1.29, 1.82) is 0 Å². The molecule has 1 aliphatic carbocycles. The molecule has 0 amide bonds. The van der Waals surface area contributed by atoms with E-state index in [-0.39, 0.29) is 6.10 Å². The van der Waals surface area contributed by atoms with Crippen molar-refractivity contribution in [3.8, 4) is 0 Å². The summed E-state index contributed by atoms with van der Waals surface area (Å²) in [6.07, 6.45) is 7.36. The first-order chi connectivity index (χ1) is 7.42. The zero-order valence-corrected chi connectivity index (χ0v) is 9.36. The van der Waals surface area contributed by atoms with Gasteiger partial charge in [-0.15, -0.1) is 0 Å². The van der Waals surface area contributed by atoms with Gasteiger partial charge >= 0.3 is 0 Å². The summed E-state index contributed by atoms with van der Waals surface area (Å²) in [5.74, 6) is 0.680. The zero-order chi connectivity index (χ0) is 10.5. The normalized spacial score (nSPS) is 19.3. The molecule has 1 fully saturated rings. The molecule has 1 aromatic rings. The Bertz CT molecular complexity index is 280. The predicted molar refractivity (Wildman–Crippen MR) is 60.6 cm³/mol. The monoisotopic (exact) mass is 205 g/mol. The van der Waals surface area contributed by atoms with Crippen molar-refractivity contribution < 1.29 is 4.74 Å². The summed E-state index contributed by atoms with van der Waals surface area (Å²) < 4.78 is 5.85. The molecule has 1 aromatic heterocycles. The van der Waals surface area contributed by atoms with Crippen LogP contribution >= 0.6 is 0 Å². The molecule has 0 aromatic carbocycles. The maximum absolute atomic E-state index is 5.85. The summed E-state index contributed by atoms with van der Waals surface area (Å²) in [5, 5.41) is 0. The largest absolute Gasteiger partial charge is 0.372 e. The van der Waals surface area contributed by atoms with Crippen molar-refractivity contribution in [2.75, 3.05) is 6.61 Å². The van der Waals surface area contributed by atoms with Crippen LogP contribution in [0.1, 0.15) is 44.4 Å². The molecule has 1 unspecified atom stereocenters. The van der Waals surface area contributed by atoms with E-state index in [1.54, 1.807) is 0 Å². The summed E-state index contributed by atoms with van der Waals surface area (Å²) in [6, 6.07) is 6.09. The minimum Gasteiger partial charge on any atom is -0.372 e. The number of aromatic nitrogens is 1. The number of hydrogen-bond donors (Lipinski definition) is 0. The van der Waals surface area contributed by atoms with Crippen molar-refractivity contribution in [2.24, 2.45) is 5.92 Å². The van der Waals surface area contributed by atoms with Crippen LogP contribution in [0.5, 0.6) is 0 Å². The lowest BCUT2D eigenvalue weighted by atomic mass is 9.97. The summed E-state index contributed by atoms with van der Waals surface area (Å²) in [6.45, 7) is 2.84. The molecule has 82 valence electrons. The van der Waals surface area contributed by atoms with Crippen LogP contribution in [-0.2, 0) is 4.74 Å². The second-order valence-corrected chi connectivity index (χ2v) is 4.18. The Balaban J connectivity index is 2.11. The van der Waals surface area contributed by atoms with E-state index in [0.717, 1.165) is 12.3 Å². The Morgan fingerprint density at radius 1 is 1.40 bits per heavy atom. The van der Waals surface area contributed by atoms with Gasteiger partial charge in [0, 0.05) is 12.8 Å². The molecule has 0 N–H and O–H groups in total. The molecule has 15 heavy (non-hydrogen) atoms. The lowest BCUT2D eigenvalue weighted by Gasteiger charge is -2.22. The first kappa shape index (κ1) is 10.6. The van der Waals surface area contributed by atoms with E-state index in [2.05, 4.69) is 18.0 Å². The molecular weight excluding hydrogens is 186 g/mol. The minimum absolute atomic E-state index is 0.221. The molecule has 1 heterocycles. The van der Waals surface area contributed by atoms with Gasteiger partial charge in [-0.1, -0.05) is 18.9 Å². The second-order valence-electron chi connectivity index (χ2n) is 4.18. The lowest BCUT2D eigenvalue weighted by Crippen LogP contribution is -2.14. The second kappa shape index (κ2) is 5.26. The van der Waals surface area contributed by atoms with Crippen LogP contribution in [0.25, 0.3) is 0 Å². The summed E-state index contributed by atoms with van der Waals surface area (Å²) in [7, 11) is 0. The van der Waals surface area contributed by atoms with Gasteiger partial charge in [0.25, 0.3) is 0 Å². The predicted octanol–water partition coefficient (Wildman–Crippen LogP) is 3.35. The van der Waals surface area contributed by atoms with Gasteiger partial charge in [-0.3, -0.25) is 4.98 Å². The van der Waals surface area contributed by atoms with Crippen molar-refractivity contribution in [3.05, 3.63) is 30.1 Å². The van der Waals surface area contributed by atoms with Gasteiger partial charge in [0.2, 0.25) is 0 Å². The molecule has 0 saturated heterocycles. The third-order valence-corrected chi connectivity index (χ3v) is 3.15. The van der Waals surface area contributed by atoms with Crippen molar-refractivity contribution in [2.45, 2.75) is 38.7 Å². The van der Waals surface area contributed by atoms with Gasteiger partial charge in [-0.25, -0.2) is 0 Å². The molecule has 0 bridgehead atoms. The van der Waals surface area contributed by atoms with Gasteiger partial charge < -0.3 is 4.74 Å². The summed E-state index contributed by atoms with van der Waals surface area (Å²) in [5.41, 5.74) is 1.10. The maximum Gasteiger partial charge on any atom is 0.102 e. The fraction of sp³-hybridized carbons (Fsp3) is 0.615. The van der Waals surface area contributed by atoms with Crippen LogP contribution in [0.15, 0.2) is 24.4 Å². The van der Waals surface area contributed by atoms with Crippen LogP contribution in [0.3, 0.4) is 0 Å². The molecule has 1 atom stereocenters. The summed E-state index contributed by atoms with van der Waals surface area (Å²) in [4.78, 5) is 4.42. The Morgan fingerprint density at radius 2 is 2.20 bits per heavy atom. The molecule has 1 aliphatic rings. The third kappa shape index (κ3) is 2.57.